The van der Waals surface area contributed by atoms with Gasteiger partial charge in [-0.2, -0.15) is 0 Å². The third-order valence-electron chi connectivity index (χ3n) is 2.51. The van der Waals surface area contributed by atoms with Crippen LogP contribution in [0.4, 0.5) is 0 Å². The molecule has 2 heteroatoms. The maximum absolute atomic E-state index is 11.4. The number of Topliss-reactive ketones (excluding diaryl/α,β-unsaturated/α-hetero) is 1. The summed E-state index contributed by atoms with van der Waals surface area (Å²) >= 11 is 0. The van der Waals surface area contributed by atoms with Crippen LogP contribution in [0.3, 0.4) is 0 Å². The van der Waals surface area contributed by atoms with Crippen molar-refractivity contribution in [2.24, 2.45) is 5.92 Å². The first-order valence-electron chi connectivity index (χ1n) is 5.26. The lowest BCUT2D eigenvalue weighted by Crippen LogP contribution is -2.18. The second kappa shape index (κ2) is 7.07. The van der Waals surface area contributed by atoms with Gasteiger partial charge in [-0.05, 0) is 20.0 Å². The monoisotopic (exact) mass is 185 g/mol. The fourth-order valence-corrected chi connectivity index (χ4v) is 1.35. The van der Waals surface area contributed by atoms with Gasteiger partial charge in [0.15, 0.2) is 0 Å². The Labute approximate surface area is 82.3 Å². The minimum absolute atomic E-state index is 0.419. The third-order valence-corrected chi connectivity index (χ3v) is 2.51. The molecule has 2 nitrogen and oxygen atoms in total. The molecule has 0 amide bonds. The van der Waals surface area contributed by atoms with Crippen LogP contribution in [-0.4, -0.2) is 31.3 Å². The third kappa shape index (κ3) is 6.76. The second-order valence-electron chi connectivity index (χ2n) is 3.98. The van der Waals surface area contributed by atoms with Crippen LogP contribution >= 0.6 is 0 Å². The Balaban J connectivity index is 3.60. The molecule has 0 unspecified atom stereocenters. The molecule has 0 saturated carbocycles. The molecular weight excluding hydrogens is 162 g/mol. The Kier molecular flexibility index (Phi) is 6.87. The average molecular weight is 185 g/mol. The summed E-state index contributed by atoms with van der Waals surface area (Å²) in [4.78, 5) is 13.5. The molecule has 0 aliphatic carbocycles. The van der Waals surface area contributed by atoms with Gasteiger partial charge in [-0.3, -0.25) is 4.79 Å². The van der Waals surface area contributed by atoms with E-state index in [1.54, 1.807) is 0 Å². The summed E-state index contributed by atoms with van der Waals surface area (Å²) in [6.45, 7) is 5.21. The summed E-state index contributed by atoms with van der Waals surface area (Å²) in [6.07, 6.45) is 3.75. The number of carbonyl (C=O) groups is 1. The average Bonchev–Trinajstić information content (AvgIpc) is 2.10. The van der Waals surface area contributed by atoms with Crippen LogP contribution in [0, 0.1) is 5.92 Å². The van der Waals surface area contributed by atoms with Crippen LogP contribution in [0.25, 0.3) is 0 Å². The molecule has 0 heterocycles. The van der Waals surface area contributed by atoms with Gasteiger partial charge in [-0.1, -0.05) is 26.7 Å². The lowest BCUT2D eigenvalue weighted by Gasteiger charge is -2.12. The van der Waals surface area contributed by atoms with Crippen LogP contribution in [-0.2, 0) is 4.79 Å². The van der Waals surface area contributed by atoms with Crippen molar-refractivity contribution in [2.45, 2.75) is 39.5 Å². The van der Waals surface area contributed by atoms with Crippen molar-refractivity contribution in [1.82, 2.24) is 4.90 Å². The van der Waals surface area contributed by atoms with Crippen LogP contribution < -0.4 is 0 Å². The summed E-state index contributed by atoms with van der Waals surface area (Å²) in [7, 11) is 4.01. The summed E-state index contributed by atoms with van der Waals surface area (Å²) in [5, 5.41) is 0. The first-order chi connectivity index (χ1) is 6.10. The maximum Gasteiger partial charge on any atom is 0.134 e. The zero-order valence-electron chi connectivity index (χ0n) is 9.47. The van der Waals surface area contributed by atoms with Gasteiger partial charge in [0.2, 0.25) is 0 Å². The summed E-state index contributed by atoms with van der Waals surface area (Å²) < 4.78 is 0. The Morgan fingerprint density at radius 3 is 2.15 bits per heavy atom. The van der Waals surface area contributed by atoms with Gasteiger partial charge in [0.05, 0.1) is 0 Å². The van der Waals surface area contributed by atoms with Crippen LogP contribution in [0.2, 0.25) is 0 Å². The SMILES string of the molecule is CCC(CC)CC(=O)CCN(C)C. The number of hydrogen-bond donors (Lipinski definition) is 0. The van der Waals surface area contributed by atoms with E-state index in [4.69, 9.17) is 0 Å². The quantitative estimate of drug-likeness (QED) is 0.606. The van der Waals surface area contributed by atoms with Crippen molar-refractivity contribution in [3.05, 3.63) is 0 Å². The van der Waals surface area contributed by atoms with Crippen molar-refractivity contribution in [3.63, 3.8) is 0 Å². The molecule has 0 aliphatic heterocycles. The smallest absolute Gasteiger partial charge is 0.134 e. The highest BCUT2D eigenvalue weighted by Gasteiger charge is 2.09. The summed E-state index contributed by atoms with van der Waals surface area (Å²) in [5.41, 5.74) is 0. The molecule has 78 valence electrons. The van der Waals surface area contributed by atoms with E-state index in [2.05, 4.69) is 18.7 Å². The molecular formula is C11H23NO. The molecule has 0 aromatic heterocycles. The van der Waals surface area contributed by atoms with Crippen molar-refractivity contribution >= 4 is 5.78 Å². The number of carbonyl (C=O) groups excluding carboxylic acids is 1. The van der Waals surface area contributed by atoms with Gasteiger partial charge in [0, 0.05) is 19.4 Å². The maximum atomic E-state index is 11.4. The van der Waals surface area contributed by atoms with Crippen molar-refractivity contribution in [3.8, 4) is 0 Å². The summed E-state index contributed by atoms with van der Waals surface area (Å²) in [6, 6.07) is 0. The van der Waals surface area contributed by atoms with Crippen LogP contribution in [0.15, 0.2) is 0 Å². The minimum Gasteiger partial charge on any atom is -0.309 e. The fourth-order valence-electron chi connectivity index (χ4n) is 1.35. The predicted molar refractivity (Wildman–Crippen MR) is 56.9 cm³/mol. The lowest BCUT2D eigenvalue weighted by atomic mass is 9.96. The first kappa shape index (κ1) is 12.6. The Hall–Kier alpha value is -0.370. The Bertz CT molecular complexity index is 139. The van der Waals surface area contributed by atoms with E-state index >= 15 is 0 Å². The van der Waals surface area contributed by atoms with Gasteiger partial charge in [0.25, 0.3) is 0 Å². The van der Waals surface area contributed by atoms with E-state index in [0.29, 0.717) is 18.1 Å². The van der Waals surface area contributed by atoms with E-state index in [0.717, 1.165) is 25.8 Å². The van der Waals surface area contributed by atoms with Gasteiger partial charge in [-0.25, -0.2) is 0 Å². The van der Waals surface area contributed by atoms with E-state index in [1.807, 2.05) is 14.1 Å². The number of hydrogen-bond acceptors (Lipinski definition) is 2. The van der Waals surface area contributed by atoms with Gasteiger partial charge < -0.3 is 4.90 Å². The molecule has 0 aliphatic rings. The molecule has 0 radical (unpaired) electrons. The molecule has 0 rings (SSSR count). The van der Waals surface area contributed by atoms with Crippen LogP contribution in [0.5, 0.6) is 0 Å². The van der Waals surface area contributed by atoms with Gasteiger partial charge in [0.1, 0.15) is 5.78 Å². The largest absolute Gasteiger partial charge is 0.309 e. The molecule has 0 aromatic rings. The molecule has 0 atom stereocenters. The topological polar surface area (TPSA) is 20.3 Å². The van der Waals surface area contributed by atoms with Crippen molar-refractivity contribution in [1.29, 1.82) is 0 Å². The molecule has 0 N–H and O–H groups in total. The highest BCUT2D eigenvalue weighted by molar-refractivity contribution is 5.78. The number of nitrogens with zero attached hydrogens (tertiary/aromatic N) is 1. The van der Waals surface area contributed by atoms with Crippen molar-refractivity contribution in [2.75, 3.05) is 20.6 Å². The molecule has 0 fully saturated rings. The van der Waals surface area contributed by atoms with Gasteiger partial charge in [-0.15, -0.1) is 0 Å². The Morgan fingerprint density at radius 1 is 1.23 bits per heavy atom. The van der Waals surface area contributed by atoms with E-state index < -0.39 is 0 Å². The first-order valence-corrected chi connectivity index (χ1v) is 5.26. The van der Waals surface area contributed by atoms with Gasteiger partial charge >= 0.3 is 0 Å². The van der Waals surface area contributed by atoms with Crippen molar-refractivity contribution < 1.29 is 4.79 Å². The molecule has 0 bridgehead atoms. The molecule has 13 heavy (non-hydrogen) atoms. The number of ketones is 1. The van der Waals surface area contributed by atoms with Crippen LogP contribution in [0.1, 0.15) is 39.5 Å². The lowest BCUT2D eigenvalue weighted by molar-refractivity contribution is -0.120. The second-order valence-corrected chi connectivity index (χ2v) is 3.98. The zero-order valence-corrected chi connectivity index (χ0v) is 9.47. The predicted octanol–water partition coefficient (Wildman–Crippen LogP) is 2.33. The normalized spacial score (nSPS) is 11.2. The standard InChI is InChI=1S/C11H23NO/c1-5-10(6-2)9-11(13)7-8-12(3)4/h10H,5-9H2,1-4H3. The van der Waals surface area contributed by atoms with E-state index in [9.17, 15) is 4.79 Å². The molecule has 0 saturated heterocycles. The number of rotatable bonds is 7. The fraction of sp³-hybridized carbons (Fsp3) is 0.909. The zero-order chi connectivity index (χ0) is 10.3. The van der Waals surface area contributed by atoms with E-state index in [-0.39, 0.29) is 0 Å². The Morgan fingerprint density at radius 2 is 1.77 bits per heavy atom. The highest BCUT2D eigenvalue weighted by Crippen LogP contribution is 2.13. The van der Waals surface area contributed by atoms with E-state index in [1.165, 1.54) is 0 Å². The highest BCUT2D eigenvalue weighted by atomic mass is 16.1. The molecule has 0 aromatic carbocycles. The minimum atomic E-state index is 0.419. The molecule has 0 spiro atoms. The summed E-state index contributed by atoms with van der Waals surface area (Å²) in [5.74, 6) is 1.03.